The molecule has 1 atom stereocenters. The molecule has 3 N–H and O–H groups in total. The Morgan fingerprint density at radius 1 is 0.931 bits per heavy atom. The molecule has 2 rings (SSSR count). The number of rotatable bonds is 7. The molecule has 0 bridgehead atoms. The van der Waals surface area contributed by atoms with E-state index in [1.807, 2.05) is 0 Å². The van der Waals surface area contributed by atoms with Crippen LogP contribution in [0.3, 0.4) is 0 Å². The first-order valence-corrected chi connectivity index (χ1v) is 9.61. The first-order valence-electron chi connectivity index (χ1n) is 9.61. The molecule has 3 amide bonds. The summed E-state index contributed by atoms with van der Waals surface area (Å²) in [7, 11) is 4.36. The second kappa shape index (κ2) is 10.5. The number of ether oxygens (including phenoxy) is 3. The Kier molecular flexibility index (Phi) is 8.11. The molecule has 0 aromatic heterocycles. The van der Waals surface area contributed by atoms with Crippen LogP contribution in [0.15, 0.2) is 12.1 Å². The fourth-order valence-corrected chi connectivity index (χ4v) is 3.26. The van der Waals surface area contributed by atoms with E-state index in [0.717, 1.165) is 32.1 Å². The highest BCUT2D eigenvalue weighted by Crippen LogP contribution is 2.38. The van der Waals surface area contributed by atoms with E-state index in [9.17, 15) is 14.4 Å². The number of hydrogen-bond acceptors (Lipinski definition) is 6. The summed E-state index contributed by atoms with van der Waals surface area (Å²) >= 11 is 0. The van der Waals surface area contributed by atoms with Crippen molar-refractivity contribution < 1.29 is 28.6 Å². The number of carbonyl (C=O) groups is 3. The Balaban J connectivity index is 1.95. The molecule has 9 heteroatoms. The minimum Gasteiger partial charge on any atom is -0.493 e. The average Bonchev–Trinajstić information content (AvgIpc) is 2.76. The van der Waals surface area contributed by atoms with Crippen LogP contribution in [0.2, 0.25) is 0 Å². The fraction of sp³-hybridized carbons (Fsp3) is 0.550. The highest BCUT2D eigenvalue weighted by molar-refractivity contribution is 5.98. The van der Waals surface area contributed by atoms with Crippen molar-refractivity contribution >= 4 is 17.7 Å². The third-order valence-corrected chi connectivity index (χ3v) is 4.95. The summed E-state index contributed by atoms with van der Waals surface area (Å²) in [4.78, 5) is 36.9. The second-order valence-corrected chi connectivity index (χ2v) is 6.92. The topological polar surface area (TPSA) is 115 Å². The summed E-state index contributed by atoms with van der Waals surface area (Å²) in [6, 6.07) is 2.12. The summed E-state index contributed by atoms with van der Waals surface area (Å²) in [5.74, 6) is -0.264. The number of benzene rings is 1. The Hall–Kier alpha value is -2.97. The lowest BCUT2D eigenvalue weighted by molar-refractivity contribution is -0.132. The number of amides is 3. The van der Waals surface area contributed by atoms with Gasteiger partial charge in [0.1, 0.15) is 6.04 Å². The van der Waals surface area contributed by atoms with E-state index in [-0.39, 0.29) is 17.4 Å². The van der Waals surface area contributed by atoms with Gasteiger partial charge in [-0.15, -0.1) is 0 Å². The molecule has 1 fully saturated rings. The van der Waals surface area contributed by atoms with Gasteiger partial charge in [-0.1, -0.05) is 19.3 Å². The maximum atomic E-state index is 12.6. The molecule has 1 aromatic rings. The smallest absolute Gasteiger partial charge is 0.260 e. The molecule has 0 aliphatic heterocycles. The molecule has 1 aromatic carbocycles. The van der Waals surface area contributed by atoms with E-state index in [0.29, 0.717) is 17.2 Å². The lowest BCUT2D eigenvalue weighted by atomic mass is 9.89. The monoisotopic (exact) mass is 407 g/mol. The van der Waals surface area contributed by atoms with Crippen molar-refractivity contribution in [3.05, 3.63) is 17.7 Å². The van der Waals surface area contributed by atoms with Crippen molar-refractivity contribution in [3.63, 3.8) is 0 Å². The molecule has 0 radical (unpaired) electrons. The molecule has 9 nitrogen and oxygen atoms in total. The van der Waals surface area contributed by atoms with Gasteiger partial charge in [0.2, 0.25) is 11.7 Å². The van der Waals surface area contributed by atoms with E-state index < -0.39 is 17.9 Å². The van der Waals surface area contributed by atoms with Crippen LogP contribution in [0.1, 0.15) is 49.4 Å². The first-order chi connectivity index (χ1) is 13.9. The number of methoxy groups -OCH3 is 3. The van der Waals surface area contributed by atoms with Gasteiger partial charge in [0.05, 0.1) is 21.3 Å². The Morgan fingerprint density at radius 2 is 1.52 bits per heavy atom. The van der Waals surface area contributed by atoms with Crippen LogP contribution in [0.4, 0.5) is 0 Å². The summed E-state index contributed by atoms with van der Waals surface area (Å²) in [5, 5.41) is 2.59. The third-order valence-electron chi connectivity index (χ3n) is 4.95. The van der Waals surface area contributed by atoms with Crippen molar-refractivity contribution in [3.8, 4) is 17.2 Å². The summed E-state index contributed by atoms with van der Waals surface area (Å²) < 4.78 is 15.7. The van der Waals surface area contributed by atoms with Crippen molar-refractivity contribution in [2.45, 2.75) is 45.1 Å². The minimum absolute atomic E-state index is 0.0758. The molecule has 1 saturated carbocycles. The quantitative estimate of drug-likeness (QED) is 0.591. The van der Waals surface area contributed by atoms with Gasteiger partial charge in [0, 0.05) is 11.5 Å². The Bertz CT molecular complexity index is 721. The summed E-state index contributed by atoms with van der Waals surface area (Å²) in [6.45, 7) is 1.53. The summed E-state index contributed by atoms with van der Waals surface area (Å²) in [6.07, 6.45) is 4.84. The molecule has 1 aliphatic rings. The predicted molar refractivity (Wildman–Crippen MR) is 106 cm³/mol. The molecule has 160 valence electrons. The zero-order valence-electron chi connectivity index (χ0n) is 17.3. The minimum atomic E-state index is -0.867. The second-order valence-electron chi connectivity index (χ2n) is 6.92. The maximum Gasteiger partial charge on any atom is 0.260 e. The van der Waals surface area contributed by atoms with E-state index >= 15 is 0 Å². The van der Waals surface area contributed by atoms with Crippen LogP contribution in [0.25, 0.3) is 0 Å². The average molecular weight is 407 g/mol. The molecular weight excluding hydrogens is 378 g/mol. The van der Waals surface area contributed by atoms with Gasteiger partial charge in [-0.2, -0.15) is 0 Å². The molecule has 0 spiro atoms. The highest BCUT2D eigenvalue weighted by atomic mass is 16.5. The lowest BCUT2D eigenvalue weighted by Gasteiger charge is -2.21. The van der Waals surface area contributed by atoms with Crippen LogP contribution in [-0.2, 0) is 9.59 Å². The van der Waals surface area contributed by atoms with Crippen LogP contribution < -0.4 is 30.4 Å². The van der Waals surface area contributed by atoms with Crippen molar-refractivity contribution in [2.75, 3.05) is 21.3 Å². The summed E-state index contributed by atoms with van der Waals surface area (Å²) in [5.41, 5.74) is 5.07. The van der Waals surface area contributed by atoms with Gasteiger partial charge < -0.3 is 19.5 Å². The van der Waals surface area contributed by atoms with Gasteiger partial charge in [0.15, 0.2) is 11.5 Å². The molecular formula is C20H29N3O6. The SMILES string of the molecule is COc1cc(C(=O)N[C@@H](C)C(=O)NNC(=O)C2CCCCC2)cc(OC)c1OC. The molecule has 1 aliphatic carbocycles. The normalized spacial score (nSPS) is 15.0. The van der Waals surface area contributed by atoms with Crippen LogP contribution in [0.5, 0.6) is 17.2 Å². The van der Waals surface area contributed by atoms with Gasteiger partial charge in [0.25, 0.3) is 11.8 Å². The predicted octanol–water partition coefficient (Wildman–Crippen LogP) is 1.56. The molecule has 0 unspecified atom stereocenters. The number of hydrogen-bond donors (Lipinski definition) is 3. The van der Waals surface area contributed by atoms with Gasteiger partial charge in [-0.05, 0) is 31.9 Å². The van der Waals surface area contributed by atoms with Gasteiger partial charge in [-0.25, -0.2) is 0 Å². The van der Waals surface area contributed by atoms with E-state index in [1.54, 1.807) is 0 Å². The van der Waals surface area contributed by atoms with E-state index in [1.165, 1.54) is 40.4 Å². The Labute approximate surface area is 170 Å². The molecule has 0 heterocycles. The Morgan fingerprint density at radius 3 is 2.03 bits per heavy atom. The molecule has 29 heavy (non-hydrogen) atoms. The maximum absolute atomic E-state index is 12.6. The number of hydrazine groups is 1. The van der Waals surface area contributed by atoms with Crippen LogP contribution in [-0.4, -0.2) is 45.1 Å². The lowest BCUT2D eigenvalue weighted by Crippen LogP contribution is -2.52. The van der Waals surface area contributed by atoms with Crippen molar-refractivity contribution in [1.82, 2.24) is 16.2 Å². The first kappa shape index (κ1) is 22.3. The van der Waals surface area contributed by atoms with Crippen molar-refractivity contribution in [1.29, 1.82) is 0 Å². The molecule has 0 saturated heterocycles. The fourth-order valence-electron chi connectivity index (χ4n) is 3.26. The van der Waals surface area contributed by atoms with E-state index in [4.69, 9.17) is 14.2 Å². The number of nitrogens with one attached hydrogen (secondary N) is 3. The number of carbonyl (C=O) groups excluding carboxylic acids is 3. The van der Waals surface area contributed by atoms with Crippen molar-refractivity contribution in [2.24, 2.45) is 5.92 Å². The van der Waals surface area contributed by atoms with Crippen LogP contribution in [0, 0.1) is 5.92 Å². The third kappa shape index (κ3) is 5.75. The van der Waals surface area contributed by atoms with E-state index in [2.05, 4.69) is 16.2 Å². The highest BCUT2D eigenvalue weighted by Gasteiger charge is 2.23. The standard InChI is InChI=1S/C20H29N3O6/c1-12(18(24)22-23-20(26)13-8-6-5-7-9-13)21-19(25)14-10-15(27-2)17(29-4)16(11-14)28-3/h10-13H,5-9H2,1-4H3,(H,21,25)(H,22,24)(H,23,26)/t12-/m0/s1. The van der Waals surface area contributed by atoms with Crippen LogP contribution >= 0.6 is 0 Å². The zero-order valence-corrected chi connectivity index (χ0v) is 17.3. The van der Waals surface area contributed by atoms with Gasteiger partial charge in [-0.3, -0.25) is 25.2 Å². The zero-order chi connectivity index (χ0) is 21.4. The largest absolute Gasteiger partial charge is 0.493 e. The van der Waals surface area contributed by atoms with Gasteiger partial charge >= 0.3 is 0 Å².